The largest absolute Gasteiger partial charge is 0.235 e. The molecular weight excluding hydrogens is 156 g/mol. The van der Waals surface area contributed by atoms with Crippen LogP contribution in [0.4, 0.5) is 0 Å². The standard InChI is InChI=1S/C8H10N2O2/c1-7(3-9-5-11)8(2)4-10-6-12/h3-4H2,1-2H3. The smallest absolute Gasteiger partial charge is 0.211 e. The van der Waals surface area contributed by atoms with Gasteiger partial charge in [0.05, 0.1) is 13.1 Å². The first-order valence-electron chi connectivity index (χ1n) is 3.45. The maximum atomic E-state index is 9.75. The number of carbonyl (C=O) groups excluding carboxylic acids is 2. The Hall–Kier alpha value is -1.50. The van der Waals surface area contributed by atoms with Crippen molar-refractivity contribution in [3.8, 4) is 0 Å². The van der Waals surface area contributed by atoms with Gasteiger partial charge in [0, 0.05) is 0 Å². The second kappa shape index (κ2) is 6.23. The van der Waals surface area contributed by atoms with Crippen LogP contribution in [0.25, 0.3) is 0 Å². The number of aliphatic imine (C=N–C) groups is 2. The van der Waals surface area contributed by atoms with Gasteiger partial charge in [-0.05, 0) is 13.8 Å². The van der Waals surface area contributed by atoms with Crippen LogP contribution in [0.1, 0.15) is 13.8 Å². The normalized spacial score (nSPS) is 10.8. The van der Waals surface area contributed by atoms with E-state index in [1.165, 1.54) is 12.2 Å². The number of hydrogen-bond donors (Lipinski definition) is 0. The summed E-state index contributed by atoms with van der Waals surface area (Å²) in [6.07, 6.45) is 2.88. The molecule has 0 bridgehead atoms. The van der Waals surface area contributed by atoms with Crippen LogP contribution in [0.15, 0.2) is 21.1 Å². The average molecular weight is 166 g/mol. The topological polar surface area (TPSA) is 58.9 Å². The lowest BCUT2D eigenvalue weighted by Gasteiger charge is -1.98. The number of rotatable bonds is 4. The first-order valence-corrected chi connectivity index (χ1v) is 3.45. The summed E-state index contributed by atoms with van der Waals surface area (Å²) >= 11 is 0. The van der Waals surface area contributed by atoms with E-state index in [9.17, 15) is 9.59 Å². The number of hydrogen-bond acceptors (Lipinski definition) is 4. The van der Waals surface area contributed by atoms with Crippen LogP contribution in [-0.2, 0) is 9.59 Å². The van der Waals surface area contributed by atoms with Gasteiger partial charge < -0.3 is 0 Å². The Balaban J connectivity index is 4.23. The predicted octanol–water partition coefficient (Wildman–Crippen LogP) is 0.994. The van der Waals surface area contributed by atoms with E-state index in [4.69, 9.17) is 0 Å². The van der Waals surface area contributed by atoms with Crippen molar-refractivity contribution in [3.05, 3.63) is 11.1 Å². The number of isocyanates is 2. The Bertz CT molecular complexity index is 241. The minimum Gasteiger partial charge on any atom is -0.211 e. The van der Waals surface area contributed by atoms with E-state index in [0.29, 0.717) is 13.1 Å². The molecule has 0 N–H and O–H groups in total. The van der Waals surface area contributed by atoms with Crippen molar-refractivity contribution in [1.29, 1.82) is 0 Å². The summed E-state index contributed by atoms with van der Waals surface area (Å²) in [4.78, 5) is 26.3. The Morgan fingerprint density at radius 3 is 1.58 bits per heavy atom. The molecule has 0 radical (unpaired) electrons. The zero-order valence-corrected chi connectivity index (χ0v) is 7.13. The van der Waals surface area contributed by atoms with E-state index in [1.54, 1.807) is 0 Å². The lowest BCUT2D eigenvalue weighted by molar-refractivity contribution is 0.562. The molecule has 0 aliphatic heterocycles. The molecule has 0 unspecified atom stereocenters. The molecule has 0 aliphatic rings. The molecule has 0 aromatic heterocycles. The summed E-state index contributed by atoms with van der Waals surface area (Å²) < 4.78 is 0. The Labute approximate surface area is 70.7 Å². The summed E-state index contributed by atoms with van der Waals surface area (Å²) in [6, 6.07) is 0. The quantitative estimate of drug-likeness (QED) is 0.355. The molecule has 64 valence electrons. The average Bonchev–Trinajstić information content (AvgIpc) is 2.10. The van der Waals surface area contributed by atoms with Crippen LogP contribution in [0, 0.1) is 0 Å². The van der Waals surface area contributed by atoms with E-state index < -0.39 is 0 Å². The molecule has 0 rings (SSSR count). The summed E-state index contributed by atoms with van der Waals surface area (Å²) in [5.41, 5.74) is 1.86. The third kappa shape index (κ3) is 4.34. The SMILES string of the molecule is CC(CN=C=O)=C(C)CN=C=O. The van der Waals surface area contributed by atoms with Crippen molar-refractivity contribution in [2.75, 3.05) is 13.1 Å². The summed E-state index contributed by atoms with van der Waals surface area (Å²) in [6.45, 7) is 4.31. The second-order valence-corrected chi connectivity index (χ2v) is 2.38. The fraction of sp³-hybridized carbons (Fsp3) is 0.500. The molecule has 0 aromatic rings. The minimum atomic E-state index is 0.323. The zero-order valence-electron chi connectivity index (χ0n) is 7.13. The van der Waals surface area contributed by atoms with E-state index in [2.05, 4.69) is 9.98 Å². The molecule has 12 heavy (non-hydrogen) atoms. The lowest BCUT2D eigenvalue weighted by Crippen LogP contribution is -1.92. The highest BCUT2D eigenvalue weighted by Crippen LogP contribution is 2.03. The summed E-state index contributed by atoms with van der Waals surface area (Å²) in [5.74, 6) is 0. The molecule has 0 aliphatic carbocycles. The van der Waals surface area contributed by atoms with E-state index in [-0.39, 0.29) is 0 Å². The molecule has 0 heterocycles. The highest BCUT2D eigenvalue weighted by Gasteiger charge is 1.94. The van der Waals surface area contributed by atoms with Gasteiger partial charge in [-0.3, -0.25) is 0 Å². The summed E-state index contributed by atoms with van der Waals surface area (Å²) in [5, 5.41) is 0. The van der Waals surface area contributed by atoms with Gasteiger partial charge in [0.25, 0.3) is 0 Å². The van der Waals surface area contributed by atoms with Crippen molar-refractivity contribution >= 4 is 12.2 Å². The monoisotopic (exact) mass is 166 g/mol. The van der Waals surface area contributed by atoms with Crippen LogP contribution >= 0.6 is 0 Å². The third-order valence-corrected chi connectivity index (χ3v) is 1.49. The molecule has 0 saturated heterocycles. The van der Waals surface area contributed by atoms with Gasteiger partial charge in [-0.2, -0.15) is 0 Å². The van der Waals surface area contributed by atoms with Crippen LogP contribution in [0.2, 0.25) is 0 Å². The van der Waals surface area contributed by atoms with Gasteiger partial charge in [0.15, 0.2) is 0 Å². The maximum absolute atomic E-state index is 9.75. The molecule has 0 aromatic carbocycles. The van der Waals surface area contributed by atoms with Crippen LogP contribution in [-0.4, -0.2) is 25.2 Å². The van der Waals surface area contributed by atoms with E-state index >= 15 is 0 Å². The van der Waals surface area contributed by atoms with Crippen molar-refractivity contribution in [3.63, 3.8) is 0 Å². The molecule has 4 heteroatoms. The van der Waals surface area contributed by atoms with Gasteiger partial charge in [-0.15, -0.1) is 0 Å². The molecule has 0 saturated carbocycles. The Kier molecular flexibility index (Phi) is 5.45. The molecular formula is C8H10N2O2. The highest BCUT2D eigenvalue weighted by atomic mass is 16.1. The molecule has 0 fully saturated rings. The van der Waals surface area contributed by atoms with Crippen LogP contribution in [0.5, 0.6) is 0 Å². The van der Waals surface area contributed by atoms with E-state index in [0.717, 1.165) is 11.1 Å². The fourth-order valence-electron chi connectivity index (χ4n) is 0.572. The first kappa shape index (κ1) is 10.5. The summed E-state index contributed by atoms with van der Waals surface area (Å²) in [7, 11) is 0. The van der Waals surface area contributed by atoms with Gasteiger partial charge in [0.1, 0.15) is 0 Å². The third-order valence-electron chi connectivity index (χ3n) is 1.49. The van der Waals surface area contributed by atoms with Crippen LogP contribution < -0.4 is 0 Å². The fourth-order valence-corrected chi connectivity index (χ4v) is 0.572. The predicted molar refractivity (Wildman–Crippen MR) is 44.4 cm³/mol. The van der Waals surface area contributed by atoms with E-state index in [1.807, 2.05) is 13.8 Å². The van der Waals surface area contributed by atoms with Crippen molar-refractivity contribution in [2.24, 2.45) is 9.98 Å². The van der Waals surface area contributed by atoms with Crippen molar-refractivity contribution < 1.29 is 9.59 Å². The van der Waals surface area contributed by atoms with Gasteiger partial charge in [-0.25, -0.2) is 19.6 Å². The van der Waals surface area contributed by atoms with Gasteiger partial charge in [0.2, 0.25) is 12.2 Å². The second-order valence-electron chi connectivity index (χ2n) is 2.38. The zero-order chi connectivity index (χ0) is 9.40. The van der Waals surface area contributed by atoms with Crippen molar-refractivity contribution in [2.45, 2.75) is 13.8 Å². The Morgan fingerprint density at radius 1 is 1.00 bits per heavy atom. The minimum absolute atomic E-state index is 0.323. The maximum Gasteiger partial charge on any atom is 0.235 e. The van der Waals surface area contributed by atoms with Crippen molar-refractivity contribution in [1.82, 2.24) is 0 Å². The Morgan fingerprint density at radius 2 is 1.33 bits per heavy atom. The molecule has 0 amide bonds. The molecule has 0 spiro atoms. The van der Waals surface area contributed by atoms with Crippen LogP contribution in [0.3, 0.4) is 0 Å². The first-order chi connectivity index (χ1) is 5.72. The molecule has 0 atom stereocenters. The molecule has 4 nitrogen and oxygen atoms in total. The number of nitrogens with zero attached hydrogens (tertiary/aromatic N) is 2. The highest BCUT2D eigenvalue weighted by molar-refractivity contribution is 5.35. The lowest BCUT2D eigenvalue weighted by atomic mass is 10.1. The van der Waals surface area contributed by atoms with Gasteiger partial charge >= 0.3 is 0 Å². The van der Waals surface area contributed by atoms with Gasteiger partial charge in [-0.1, -0.05) is 11.1 Å².